The van der Waals surface area contributed by atoms with E-state index in [1.165, 1.54) is 64.3 Å². The summed E-state index contributed by atoms with van der Waals surface area (Å²) in [7, 11) is 0. The topological polar surface area (TPSA) is 38.0 Å². The van der Waals surface area contributed by atoms with Gasteiger partial charge in [0.2, 0.25) is 0 Å². The van der Waals surface area contributed by atoms with E-state index in [1.54, 1.807) is 0 Å². The van der Waals surface area contributed by atoms with Crippen LogP contribution in [0, 0.1) is 17.8 Å². The largest absolute Gasteiger partial charge is 0.329 e. The monoisotopic (exact) mass is 266 g/mol. The molecule has 2 aliphatic rings. The molecule has 3 unspecified atom stereocenters. The van der Waals surface area contributed by atoms with Gasteiger partial charge in [-0.05, 0) is 56.4 Å². The van der Waals surface area contributed by atoms with Crippen LogP contribution in [0.2, 0.25) is 0 Å². The second-order valence-electron chi connectivity index (χ2n) is 7.27. The molecule has 0 bridgehead atoms. The molecule has 19 heavy (non-hydrogen) atoms. The minimum atomic E-state index is 0.256. The van der Waals surface area contributed by atoms with E-state index < -0.39 is 0 Å². The molecule has 2 rings (SSSR count). The fourth-order valence-corrected chi connectivity index (χ4v) is 3.84. The maximum Gasteiger partial charge on any atom is 0.0304 e. The standard InChI is InChI=1S/C17H34N2/c1-3-5-15-6-4-10-17(13-18,11-9-15)19-12-14(2)16-7-8-16/h14-16,19H,3-13,18H2,1-2H3. The van der Waals surface area contributed by atoms with Crippen LogP contribution >= 0.6 is 0 Å². The van der Waals surface area contributed by atoms with Crippen LogP contribution in [0.25, 0.3) is 0 Å². The highest BCUT2D eigenvalue weighted by Crippen LogP contribution is 2.37. The summed E-state index contributed by atoms with van der Waals surface area (Å²) in [6.45, 7) is 6.73. The Morgan fingerprint density at radius 3 is 2.63 bits per heavy atom. The van der Waals surface area contributed by atoms with E-state index in [4.69, 9.17) is 5.73 Å². The molecule has 2 saturated carbocycles. The third kappa shape index (κ3) is 4.46. The van der Waals surface area contributed by atoms with Gasteiger partial charge in [-0.2, -0.15) is 0 Å². The second-order valence-corrected chi connectivity index (χ2v) is 7.27. The summed E-state index contributed by atoms with van der Waals surface area (Å²) in [5.74, 6) is 2.81. The predicted molar refractivity (Wildman–Crippen MR) is 83.2 cm³/mol. The fraction of sp³-hybridized carbons (Fsp3) is 1.00. The smallest absolute Gasteiger partial charge is 0.0304 e. The number of nitrogens with two attached hydrogens (primary N) is 1. The first-order valence-electron chi connectivity index (χ1n) is 8.64. The Balaban J connectivity index is 1.82. The molecule has 2 aliphatic carbocycles. The average Bonchev–Trinajstić information content (AvgIpc) is 3.25. The van der Waals surface area contributed by atoms with E-state index in [9.17, 15) is 0 Å². The lowest BCUT2D eigenvalue weighted by atomic mass is 9.88. The predicted octanol–water partition coefficient (Wildman–Crippen LogP) is 3.70. The Kier molecular flexibility index (Phi) is 5.70. The molecule has 2 fully saturated rings. The van der Waals surface area contributed by atoms with Gasteiger partial charge in [0.25, 0.3) is 0 Å². The van der Waals surface area contributed by atoms with E-state index in [-0.39, 0.29) is 5.54 Å². The summed E-state index contributed by atoms with van der Waals surface area (Å²) in [5, 5.41) is 3.88. The lowest BCUT2D eigenvalue weighted by Gasteiger charge is -2.34. The van der Waals surface area contributed by atoms with Crippen LogP contribution in [0.4, 0.5) is 0 Å². The Morgan fingerprint density at radius 1 is 1.21 bits per heavy atom. The molecule has 0 saturated heterocycles. The van der Waals surface area contributed by atoms with Gasteiger partial charge in [-0.3, -0.25) is 0 Å². The summed E-state index contributed by atoms with van der Waals surface area (Å²) in [6, 6.07) is 0. The molecule has 0 aromatic carbocycles. The van der Waals surface area contributed by atoms with Crippen molar-refractivity contribution in [2.75, 3.05) is 13.1 Å². The first-order chi connectivity index (χ1) is 9.19. The van der Waals surface area contributed by atoms with Crippen molar-refractivity contribution in [2.24, 2.45) is 23.5 Å². The van der Waals surface area contributed by atoms with E-state index in [0.717, 1.165) is 24.3 Å². The number of rotatable bonds is 7. The second kappa shape index (κ2) is 7.08. The average molecular weight is 266 g/mol. The third-order valence-electron chi connectivity index (χ3n) is 5.61. The third-order valence-corrected chi connectivity index (χ3v) is 5.61. The van der Waals surface area contributed by atoms with Crippen LogP contribution < -0.4 is 11.1 Å². The summed E-state index contributed by atoms with van der Waals surface area (Å²) < 4.78 is 0. The number of nitrogens with one attached hydrogen (secondary N) is 1. The maximum absolute atomic E-state index is 6.14. The van der Waals surface area contributed by atoms with Crippen LogP contribution in [-0.4, -0.2) is 18.6 Å². The molecule has 3 atom stereocenters. The highest BCUT2D eigenvalue weighted by atomic mass is 15.0. The highest BCUT2D eigenvalue weighted by molar-refractivity contribution is 4.93. The van der Waals surface area contributed by atoms with Gasteiger partial charge in [0.1, 0.15) is 0 Å². The van der Waals surface area contributed by atoms with E-state index >= 15 is 0 Å². The lowest BCUT2D eigenvalue weighted by molar-refractivity contribution is 0.265. The van der Waals surface area contributed by atoms with Crippen molar-refractivity contribution in [1.29, 1.82) is 0 Å². The van der Waals surface area contributed by atoms with Crippen molar-refractivity contribution in [3.05, 3.63) is 0 Å². The van der Waals surface area contributed by atoms with Crippen molar-refractivity contribution in [1.82, 2.24) is 5.32 Å². The zero-order chi connectivity index (χ0) is 13.7. The zero-order valence-electron chi connectivity index (χ0n) is 13.1. The molecule has 0 amide bonds. The lowest BCUT2D eigenvalue weighted by Crippen LogP contribution is -2.52. The van der Waals surface area contributed by atoms with E-state index in [1.807, 2.05) is 0 Å². The summed E-state index contributed by atoms with van der Waals surface area (Å²) in [5.41, 5.74) is 6.40. The SMILES string of the molecule is CCCC1CCCC(CN)(NCC(C)C2CC2)CC1. The molecule has 0 aromatic heterocycles. The molecule has 0 spiro atoms. The molecule has 0 aromatic rings. The molecule has 0 heterocycles. The summed E-state index contributed by atoms with van der Waals surface area (Å²) in [4.78, 5) is 0. The minimum Gasteiger partial charge on any atom is -0.329 e. The molecule has 2 heteroatoms. The molecule has 2 nitrogen and oxygen atoms in total. The fourth-order valence-electron chi connectivity index (χ4n) is 3.84. The quantitative estimate of drug-likeness (QED) is 0.690. The van der Waals surface area contributed by atoms with Gasteiger partial charge in [-0.25, -0.2) is 0 Å². The van der Waals surface area contributed by atoms with Crippen LogP contribution in [0.1, 0.15) is 71.6 Å². The van der Waals surface area contributed by atoms with Crippen molar-refractivity contribution in [3.8, 4) is 0 Å². The van der Waals surface area contributed by atoms with Gasteiger partial charge in [0.15, 0.2) is 0 Å². The molecular formula is C17H34N2. The number of hydrogen-bond donors (Lipinski definition) is 2. The van der Waals surface area contributed by atoms with Gasteiger partial charge in [0.05, 0.1) is 0 Å². The summed E-state index contributed by atoms with van der Waals surface area (Å²) in [6.07, 6.45) is 12.4. The Morgan fingerprint density at radius 2 is 2.00 bits per heavy atom. The van der Waals surface area contributed by atoms with Crippen LogP contribution in [-0.2, 0) is 0 Å². The van der Waals surface area contributed by atoms with Gasteiger partial charge in [-0.1, -0.05) is 39.5 Å². The van der Waals surface area contributed by atoms with Crippen molar-refractivity contribution in [3.63, 3.8) is 0 Å². The first kappa shape index (κ1) is 15.3. The molecule has 3 N–H and O–H groups in total. The summed E-state index contributed by atoms with van der Waals surface area (Å²) >= 11 is 0. The zero-order valence-corrected chi connectivity index (χ0v) is 13.1. The molecular weight excluding hydrogens is 232 g/mol. The molecule has 0 aliphatic heterocycles. The van der Waals surface area contributed by atoms with Gasteiger partial charge < -0.3 is 11.1 Å². The maximum atomic E-state index is 6.14. The minimum absolute atomic E-state index is 0.256. The van der Waals surface area contributed by atoms with Crippen molar-refractivity contribution >= 4 is 0 Å². The van der Waals surface area contributed by atoms with Crippen LogP contribution in [0.3, 0.4) is 0 Å². The molecule has 0 radical (unpaired) electrons. The molecule has 112 valence electrons. The Labute approximate surface area is 119 Å². The van der Waals surface area contributed by atoms with Crippen molar-refractivity contribution < 1.29 is 0 Å². The first-order valence-corrected chi connectivity index (χ1v) is 8.64. The number of hydrogen-bond acceptors (Lipinski definition) is 2. The Hall–Kier alpha value is -0.0800. The van der Waals surface area contributed by atoms with Crippen molar-refractivity contribution in [2.45, 2.75) is 77.2 Å². The van der Waals surface area contributed by atoms with Gasteiger partial charge in [-0.15, -0.1) is 0 Å². The van der Waals surface area contributed by atoms with Gasteiger partial charge >= 0.3 is 0 Å². The van der Waals surface area contributed by atoms with Gasteiger partial charge in [0, 0.05) is 12.1 Å². The Bertz CT molecular complexity index is 262. The van der Waals surface area contributed by atoms with E-state index in [0.29, 0.717) is 0 Å². The normalized spacial score (nSPS) is 33.9. The highest BCUT2D eigenvalue weighted by Gasteiger charge is 2.34. The van der Waals surface area contributed by atoms with Crippen LogP contribution in [0.15, 0.2) is 0 Å². The van der Waals surface area contributed by atoms with Crippen LogP contribution in [0.5, 0.6) is 0 Å². The van der Waals surface area contributed by atoms with E-state index in [2.05, 4.69) is 19.2 Å².